The Labute approximate surface area is 106 Å². The molecule has 0 amide bonds. The summed E-state index contributed by atoms with van der Waals surface area (Å²) in [5.41, 5.74) is 1.35. The van der Waals surface area contributed by atoms with Gasteiger partial charge in [-0.1, -0.05) is 51.7 Å². The molecule has 0 aliphatic carbocycles. The van der Waals surface area contributed by atoms with Crippen LogP contribution in [0.2, 0.25) is 0 Å². The molecule has 0 fully saturated rings. The first-order valence-electron chi connectivity index (χ1n) is 6.98. The van der Waals surface area contributed by atoms with Gasteiger partial charge in [0.15, 0.2) is 0 Å². The predicted molar refractivity (Wildman–Crippen MR) is 74.1 cm³/mol. The van der Waals surface area contributed by atoms with Gasteiger partial charge in [0.2, 0.25) is 0 Å². The van der Waals surface area contributed by atoms with Crippen LogP contribution in [0.1, 0.15) is 58.1 Å². The standard InChI is InChI=1S/C16H26O/c1-4-6-9-15(10-7-5-2)14(3)13-16-11-8-12-17-16/h8,11-12,15H,3-7,9-10,13H2,1-2H3. The average molecular weight is 234 g/mol. The third-order valence-electron chi connectivity index (χ3n) is 3.37. The van der Waals surface area contributed by atoms with Crippen molar-refractivity contribution in [3.63, 3.8) is 0 Å². The van der Waals surface area contributed by atoms with Gasteiger partial charge in [-0.2, -0.15) is 0 Å². The van der Waals surface area contributed by atoms with Crippen LogP contribution in [-0.2, 0) is 6.42 Å². The number of hydrogen-bond donors (Lipinski definition) is 0. The molecule has 0 atom stereocenters. The summed E-state index contributed by atoms with van der Waals surface area (Å²) in [6.07, 6.45) is 10.4. The molecule has 0 aromatic carbocycles. The van der Waals surface area contributed by atoms with E-state index in [1.807, 2.05) is 12.1 Å². The number of furan rings is 1. The maximum absolute atomic E-state index is 5.40. The lowest BCUT2D eigenvalue weighted by Gasteiger charge is -2.18. The van der Waals surface area contributed by atoms with Crippen molar-refractivity contribution in [1.29, 1.82) is 0 Å². The quantitative estimate of drug-likeness (QED) is 0.523. The predicted octanol–water partition coefficient (Wildman–Crippen LogP) is 5.37. The molecule has 0 radical (unpaired) electrons. The van der Waals surface area contributed by atoms with Gasteiger partial charge in [0.05, 0.1) is 6.26 Å². The second kappa shape index (κ2) is 8.16. The highest BCUT2D eigenvalue weighted by molar-refractivity contribution is 5.12. The molecule has 0 N–H and O–H groups in total. The van der Waals surface area contributed by atoms with Crippen LogP contribution in [0.5, 0.6) is 0 Å². The topological polar surface area (TPSA) is 13.1 Å². The number of rotatable bonds is 9. The third-order valence-corrected chi connectivity index (χ3v) is 3.37. The molecule has 17 heavy (non-hydrogen) atoms. The fourth-order valence-electron chi connectivity index (χ4n) is 2.23. The van der Waals surface area contributed by atoms with Gasteiger partial charge in [-0.05, 0) is 30.9 Å². The van der Waals surface area contributed by atoms with E-state index in [0.717, 1.165) is 12.2 Å². The van der Waals surface area contributed by atoms with Crippen LogP contribution in [-0.4, -0.2) is 0 Å². The molecule has 1 aromatic heterocycles. The Morgan fingerprint density at radius 1 is 1.24 bits per heavy atom. The highest BCUT2D eigenvalue weighted by Crippen LogP contribution is 2.25. The minimum Gasteiger partial charge on any atom is -0.469 e. The molecule has 0 unspecified atom stereocenters. The van der Waals surface area contributed by atoms with Gasteiger partial charge < -0.3 is 4.42 Å². The highest BCUT2D eigenvalue weighted by atomic mass is 16.3. The van der Waals surface area contributed by atoms with E-state index in [4.69, 9.17) is 4.42 Å². The molecule has 1 heteroatoms. The minimum absolute atomic E-state index is 0.681. The zero-order valence-corrected chi connectivity index (χ0v) is 11.4. The monoisotopic (exact) mass is 234 g/mol. The second-order valence-corrected chi connectivity index (χ2v) is 4.90. The summed E-state index contributed by atoms with van der Waals surface area (Å²) in [6.45, 7) is 8.79. The summed E-state index contributed by atoms with van der Waals surface area (Å²) in [6, 6.07) is 4.00. The van der Waals surface area contributed by atoms with Gasteiger partial charge in [-0.15, -0.1) is 0 Å². The molecule has 1 heterocycles. The van der Waals surface area contributed by atoms with Crippen molar-refractivity contribution in [2.24, 2.45) is 5.92 Å². The van der Waals surface area contributed by atoms with Crippen molar-refractivity contribution in [3.05, 3.63) is 36.3 Å². The first kappa shape index (κ1) is 14.1. The maximum Gasteiger partial charge on any atom is 0.107 e. The maximum atomic E-state index is 5.40. The van der Waals surface area contributed by atoms with Gasteiger partial charge in [-0.3, -0.25) is 0 Å². The van der Waals surface area contributed by atoms with E-state index in [2.05, 4.69) is 20.4 Å². The lowest BCUT2D eigenvalue weighted by molar-refractivity contribution is 0.453. The number of hydrogen-bond acceptors (Lipinski definition) is 1. The molecule has 0 saturated heterocycles. The minimum atomic E-state index is 0.681. The lowest BCUT2D eigenvalue weighted by atomic mass is 9.87. The van der Waals surface area contributed by atoms with Gasteiger partial charge in [0.25, 0.3) is 0 Å². The zero-order valence-electron chi connectivity index (χ0n) is 11.4. The lowest BCUT2D eigenvalue weighted by Crippen LogP contribution is -2.06. The zero-order chi connectivity index (χ0) is 12.5. The molecule has 0 spiro atoms. The van der Waals surface area contributed by atoms with E-state index in [0.29, 0.717) is 5.92 Å². The Bertz CT molecular complexity index is 289. The Hall–Kier alpha value is -0.980. The number of allylic oxidation sites excluding steroid dienone is 1. The third kappa shape index (κ3) is 5.25. The molecule has 0 saturated carbocycles. The molecular formula is C16H26O. The Balaban J connectivity index is 2.46. The van der Waals surface area contributed by atoms with Crippen LogP contribution in [0.25, 0.3) is 0 Å². The van der Waals surface area contributed by atoms with Gasteiger partial charge in [0, 0.05) is 6.42 Å². The summed E-state index contributed by atoms with van der Waals surface area (Å²) < 4.78 is 5.40. The van der Waals surface area contributed by atoms with E-state index in [1.54, 1.807) is 6.26 Å². The Morgan fingerprint density at radius 2 is 1.88 bits per heavy atom. The van der Waals surface area contributed by atoms with E-state index in [1.165, 1.54) is 44.1 Å². The first-order valence-corrected chi connectivity index (χ1v) is 6.98. The number of unbranched alkanes of at least 4 members (excludes halogenated alkanes) is 2. The smallest absolute Gasteiger partial charge is 0.107 e. The molecule has 96 valence electrons. The molecule has 1 nitrogen and oxygen atoms in total. The van der Waals surface area contributed by atoms with Crippen molar-refractivity contribution in [3.8, 4) is 0 Å². The Kier molecular flexibility index (Phi) is 6.76. The van der Waals surface area contributed by atoms with Crippen molar-refractivity contribution in [1.82, 2.24) is 0 Å². The molecule has 0 aliphatic rings. The van der Waals surface area contributed by atoms with Crippen molar-refractivity contribution >= 4 is 0 Å². The molecular weight excluding hydrogens is 208 g/mol. The van der Waals surface area contributed by atoms with Crippen LogP contribution in [0.15, 0.2) is 35.0 Å². The summed E-state index contributed by atoms with van der Waals surface area (Å²) >= 11 is 0. The van der Waals surface area contributed by atoms with Crippen LogP contribution in [0, 0.1) is 5.92 Å². The largest absolute Gasteiger partial charge is 0.469 e. The fraction of sp³-hybridized carbons (Fsp3) is 0.625. The summed E-state index contributed by atoms with van der Waals surface area (Å²) in [5, 5.41) is 0. The Morgan fingerprint density at radius 3 is 2.35 bits per heavy atom. The molecule has 1 rings (SSSR count). The van der Waals surface area contributed by atoms with Crippen molar-refractivity contribution < 1.29 is 4.42 Å². The van der Waals surface area contributed by atoms with Gasteiger partial charge >= 0.3 is 0 Å². The summed E-state index contributed by atoms with van der Waals surface area (Å²) in [7, 11) is 0. The highest BCUT2D eigenvalue weighted by Gasteiger charge is 2.13. The summed E-state index contributed by atoms with van der Waals surface area (Å²) in [5.74, 6) is 1.73. The van der Waals surface area contributed by atoms with Crippen molar-refractivity contribution in [2.75, 3.05) is 0 Å². The van der Waals surface area contributed by atoms with E-state index in [-0.39, 0.29) is 0 Å². The summed E-state index contributed by atoms with van der Waals surface area (Å²) in [4.78, 5) is 0. The normalized spacial score (nSPS) is 11.0. The van der Waals surface area contributed by atoms with E-state index < -0.39 is 0 Å². The molecule has 0 aliphatic heterocycles. The van der Waals surface area contributed by atoms with Crippen LogP contribution < -0.4 is 0 Å². The van der Waals surface area contributed by atoms with Gasteiger partial charge in [-0.25, -0.2) is 0 Å². The SMILES string of the molecule is C=C(Cc1ccco1)C(CCCC)CCCC. The van der Waals surface area contributed by atoms with Gasteiger partial charge in [0.1, 0.15) is 5.76 Å². The molecule has 0 bridgehead atoms. The van der Waals surface area contributed by atoms with Crippen LogP contribution in [0.3, 0.4) is 0 Å². The first-order chi connectivity index (χ1) is 8.27. The van der Waals surface area contributed by atoms with Crippen molar-refractivity contribution in [2.45, 2.75) is 58.8 Å². The van der Waals surface area contributed by atoms with E-state index >= 15 is 0 Å². The molecule has 1 aromatic rings. The second-order valence-electron chi connectivity index (χ2n) is 4.90. The van der Waals surface area contributed by atoms with Crippen LogP contribution >= 0.6 is 0 Å². The average Bonchev–Trinajstić information content (AvgIpc) is 2.82. The van der Waals surface area contributed by atoms with E-state index in [9.17, 15) is 0 Å². The van der Waals surface area contributed by atoms with Crippen LogP contribution in [0.4, 0.5) is 0 Å². The fourth-order valence-corrected chi connectivity index (χ4v) is 2.23.